The lowest BCUT2D eigenvalue weighted by molar-refractivity contribution is 0.116. The lowest BCUT2D eigenvalue weighted by atomic mass is 10.1. The first-order valence-electron chi connectivity index (χ1n) is 10.7. The highest BCUT2D eigenvalue weighted by Gasteiger charge is 2.22. The molecule has 2 fully saturated rings. The summed E-state index contributed by atoms with van der Waals surface area (Å²) in [5.74, 6) is 2.27. The molecule has 2 aliphatic heterocycles. The fraction of sp³-hybridized carbons (Fsp3) is 0.682. The van der Waals surface area contributed by atoms with Crippen molar-refractivity contribution in [2.45, 2.75) is 25.9 Å². The Kier molecular flexibility index (Phi) is 10.6. The van der Waals surface area contributed by atoms with Crippen LogP contribution in [0.1, 0.15) is 17.5 Å². The molecule has 0 bridgehead atoms. The van der Waals surface area contributed by atoms with E-state index >= 15 is 0 Å². The maximum Gasteiger partial charge on any atom is 0.191 e. The van der Waals surface area contributed by atoms with Crippen molar-refractivity contribution in [2.75, 3.05) is 67.1 Å². The summed E-state index contributed by atoms with van der Waals surface area (Å²) in [4.78, 5) is 9.19. The van der Waals surface area contributed by atoms with Crippen LogP contribution in [0.15, 0.2) is 23.2 Å². The van der Waals surface area contributed by atoms with E-state index in [-0.39, 0.29) is 24.0 Å². The highest BCUT2D eigenvalue weighted by atomic mass is 127. The SMILES string of the molecule is CN=C(NCc1ccc(C)cc1OCC1CCOC1)NCC1CN(C)CCN1C.I. The van der Waals surface area contributed by atoms with Gasteiger partial charge in [-0.05, 0) is 39.1 Å². The number of guanidine groups is 1. The van der Waals surface area contributed by atoms with Crippen molar-refractivity contribution in [3.05, 3.63) is 29.3 Å². The van der Waals surface area contributed by atoms with Gasteiger partial charge >= 0.3 is 0 Å². The number of nitrogens with one attached hydrogen (secondary N) is 2. The summed E-state index contributed by atoms with van der Waals surface area (Å²) in [5, 5.41) is 6.92. The number of piperazine rings is 1. The average Bonchev–Trinajstić information content (AvgIpc) is 3.23. The van der Waals surface area contributed by atoms with Crippen molar-refractivity contribution in [2.24, 2.45) is 10.9 Å². The van der Waals surface area contributed by atoms with E-state index in [1.807, 2.05) is 7.05 Å². The molecule has 1 aromatic carbocycles. The minimum atomic E-state index is 0. The van der Waals surface area contributed by atoms with Gasteiger partial charge in [0.2, 0.25) is 0 Å². The zero-order chi connectivity index (χ0) is 20.6. The standard InChI is InChI=1S/C22H37N5O2.HI/c1-17-5-6-19(21(11-17)29-16-18-7-10-28-15-18)12-24-22(23-2)25-13-20-14-26(3)8-9-27(20)4;/h5-6,11,18,20H,7-10,12-16H2,1-4H3,(H2,23,24,25);1H. The summed E-state index contributed by atoms with van der Waals surface area (Å²) in [6.45, 7) is 9.32. The summed E-state index contributed by atoms with van der Waals surface area (Å²) in [6.07, 6.45) is 1.08. The topological polar surface area (TPSA) is 61.4 Å². The van der Waals surface area contributed by atoms with Gasteiger partial charge in [0, 0.05) is 63.9 Å². The summed E-state index contributed by atoms with van der Waals surface area (Å²) >= 11 is 0. The van der Waals surface area contributed by atoms with Crippen LogP contribution in [-0.4, -0.2) is 88.9 Å². The Morgan fingerprint density at radius 1 is 1.27 bits per heavy atom. The number of ether oxygens (including phenoxy) is 2. The lowest BCUT2D eigenvalue weighted by Crippen LogP contribution is -2.55. The minimum absolute atomic E-state index is 0. The monoisotopic (exact) mass is 531 g/mol. The van der Waals surface area contributed by atoms with Gasteiger partial charge in [0.05, 0.1) is 13.2 Å². The van der Waals surface area contributed by atoms with Gasteiger partial charge in [-0.3, -0.25) is 9.89 Å². The smallest absolute Gasteiger partial charge is 0.191 e. The Morgan fingerprint density at radius 3 is 2.83 bits per heavy atom. The van der Waals surface area contributed by atoms with Crippen LogP contribution < -0.4 is 15.4 Å². The molecule has 3 rings (SSSR count). The van der Waals surface area contributed by atoms with E-state index in [0.717, 1.165) is 63.1 Å². The van der Waals surface area contributed by atoms with Gasteiger partial charge in [0.1, 0.15) is 5.75 Å². The van der Waals surface area contributed by atoms with E-state index < -0.39 is 0 Å². The molecule has 2 heterocycles. The first-order valence-corrected chi connectivity index (χ1v) is 10.7. The van der Waals surface area contributed by atoms with Crippen LogP contribution >= 0.6 is 24.0 Å². The van der Waals surface area contributed by atoms with Gasteiger partial charge < -0.3 is 25.0 Å². The fourth-order valence-corrected chi connectivity index (χ4v) is 3.80. The molecule has 2 saturated heterocycles. The number of likely N-dealkylation sites (N-methyl/N-ethyl adjacent to an activating group) is 2. The Hall–Kier alpha value is -1.10. The molecule has 0 saturated carbocycles. The maximum absolute atomic E-state index is 6.16. The van der Waals surface area contributed by atoms with Crippen molar-refractivity contribution in [3.63, 3.8) is 0 Å². The number of benzene rings is 1. The molecule has 0 amide bonds. The van der Waals surface area contributed by atoms with E-state index in [9.17, 15) is 0 Å². The first kappa shape index (κ1) is 25.2. The number of hydrogen-bond acceptors (Lipinski definition) is 5. The Labute approximate surface area is 198 Å². The second-order valence-electron chi connectivity index (χ2n) is 8.36. The van der Waals surface area contributed by atoms with Crippen LogP contribution in [0.3, 0.4) is 0 Å². The summed E-state index contributed by atoms with van der Waals surface area (Å²) in [7, 11) is 6.20. The second-order valence-corrected chi connectivity index (χ2v) is 8.36. The largest absolute Gasteiger partial charge is 0.493 e. The molecule has 0 aliphatic carbocycles. The van der Waals surface area contributed by atoms with Crippen LogP contribution in [0.25, 0.3) is 0 Å². The van der Waals surface area contributed by atoms with E-state index in [2.05, 4.69) is 64.6 Å². The number of halogens is 1. The third-order valence-electron chi connectivity index (χ3n) is 5.88. The van der Waals surface area contributed by atoms with Crippen LogP contribution in [0.2, 0.25) is 0 Å². The highest BCUT2D eigenvalue weighted by molar-refractivity contribution is 14.0. The van der Waals surface area contributed by atoms with Crippen LogP contribution in [-0.2, 0) is 11.3 Å². The number of nitrogens with zero attached hydrogens (tertiary/aromatic N) is 3. The molecular formula is C22H38IN5O2. The molecule has 2 aliphatic rings. The van der Waals surface area contributed by atoms with Gasteiger partial charge in [-0.25, -0.2) is 0 Å². The predicted octanol–water partition coefficient (Wildman–Crippen LogP) is 1.94. The first-order chi connectivity index (χ1) is 14.0. The Morgan fingerprint density at radius 2 is 2.10 bits per heavy atom. The lowest BCUT2D eigenvalue weighted by Gasteiger charge is -2.37. The van der Waals surface area contributed by atoms with E-state index in [4.69, 9.17) is 9.47 Å². The molecule has 8 heteroatoms. The number of aryl methyl sites for hydroxylation is 1. The predicted molar refractivity (Wildman–Crippen MR) is 133 cm³/mol. The molecule has 1 aromatic rings. The summed E-state index contributed by atoms with van der Waals surface area (Å²) in [5.41, 5.74) is 2.35. The molecular weight excluding hydrogens is 493 g/mol. The summed E-state index contributed by atoms with van der Waals surface area (Å²) < 4.78 is 11.6. The Balaban J connectivity index is 0.00000320. The second kappa shape index (κ2) is 12.7. The van der Waals surface area contributed by atoms with Gasteiger partial charge in [-0.1, -0.05) is 12.1 Å². The molecule has 2 atom stereocenters. The third kappa shape index (κ3) is 7.55. The van der Waals surface area contributed by atoms with Crippen LogP contribution in [0, 0.1) is 12.8 Å². The van der Waals surface area contributed by atoms with E-state index in [0.29, 0.717) is 25.1 Å². The van der Waals surface area contributed by atoms with Crippen LogP contribution in [0.5, 0.6) is 5.75 Å². The minimum Gasteiger partial charge on any atom is -0.493 e. The normalized spacial score (nSPS) is 23.1. The van der Waals surface area contributed by atoms with Crippen molar-refractivity contribution >= 4 is 29.9 Å². The maximum atomic E-state index is 6.16. The molecule has 0 radical (unpaired) electrons. The van der Waals surface area contributed by atoms with Crippen molar-refractivity contribution in [3.8, 4) is 5.75 Å². The fourth-order valence-electron chi connectivity index (χ4n) is 3.80. The molecule has 2 N–H and O–H groups in total. The number of rotatable bonds is 7. The van der Waals surface area contributed by atoms with E-state index in [1.165, 1.54) is 5.56 Å². The zero-order valence-electron chi connectivity index (χ0n) is 18.8. The van der Waals surface area contributed by atoms with Gasteiger partial charge in [0.15, 0.2) is 5.96 Å². The number of aliphatic imine (C=N–C) groups is 1. The molecule has 2 unspecified atom stereocenters. The molecule has 0 aromatic heterocycles. The van der Waals surface area contributed by atoms with Crippen molar-refractivity contribution < 1.29 is 9.47 Å². The Bertz CT molecular complexity index is 681. The molecule has 7 nitrogen and oxygen atoms in total. The molecule has 30 heavy (non-hydrogen) atoms. The van der Waals surface area contributed by atoms with Gasteiger partial charge in [-0.15, -0.1) is 24.0 Å². The van der Waals surface area contributed by atoms with Gasteiger partial charge in [0.25, 0.3) is 0 Å². The molecule has 170 valence electrons. The quantitative estimate of drug-likeness (QED) is 0.319. The number of hydrogen-bond donors (Lipinski definition) is 2. The van der Waals surface area contributed by atoms with E-state index in [1.54, 1.807) is 0 Å². The highest BCUT2D eigenvalue weighted by Crippen LogP contribution is 2.22. The third-order valence-corrected chi connectivity index (χ3v) is 5.88. The summed E-state index contributed by atoms with van der Waals surface area (Å²) in [6, 6.07) is 6.88. The average molecular weight is 531 g/mol. The zero-order valence-corrected chi connectivity index (χ0v) is 21.1. The van der Waals surface area contributed by atoms with Crippen molar-refractivity contribution in [1.29, 1.82) is 0 Å². The van der Waals surface area contributed by atoms with Crippen molar-refractivity contribution in [1.82, 2.24) is 20.4 Å². The van der Waals surface area contributed by atoms with Crippen LogP contribution in [0.4, 0.5) is 0 Å². The molecule has 0 spiro atoms. The van der Waals surface area contributed by atoms with Gasteiger partial charge in [-0.2, -0.15) is 0 Å².